The van der Waals surface area contributed by atoms with Gasteiger partial charge in [0.2, 0.25) is 0 Å². The van der Waals surface area contributed by atoms with E-state index in [1.807, 2.05) is 11.8 Å². The molecule has 0 aromatic carbocycles. The molecule has 8 heteroatoms. The Morgan fingerprint density at radius 3 is 2.71 bits per heavy atom. The minimum atomic E-state index is -3.82. The third kappa shape index (κ3) is 3.05. The molecule has 0 fully saturated rings. The number of carboxylic acids is 1. The van der Waals surface area contributed by atoms with Gasteiger partial charge in [0, 0.05) is 12.7 Å². The number of aromatic nitrogens is 1. The van der Waals surface area contributed by atoms with E-state index in [1.54, 1.807) is 0 Å². The van der Waals surface area contributed by atoms with Gasteiger partial charge in [-0.2, -0.15) is 0 Å². The number of nitrogens with zero attached hydrogens (tertiary/aromatic N) is 1. The highest BCUT2D eigenvalue weighted by Crippen LogP contribution is 2.15. The van der Waals surface area contributed by atoms with E-state index in [0.29, 0.717) is 13.0 Å². The molecule has 1 aromatic heterocycles. The average Bonchev–Trinajstić information content (AvgIpc) is 2.63. The molecule has 2 N–H and O–H groups in total. The summed E-state index contributed by atoms with van der Waals surface area (Å²) in [6.07, 6.45) is 1.97. The zero-order chi connectivity index (χ0) is 13.1. The van der Waals surface area contributed by atoms with Gasteiger partial charge >= 0.3 is 5.97 Å². The highest BCUT2D eigenvalue weighted by Gasteiger charge is 2.20. The second kappa shape index (κ2) is 5.30. The summed E-state index contributed by atoms with van der Waals surface area (Å²) in [5.74, 6) is -1.17. The first kappa shape index (κ1) is 13.7. The number of hydrogen-bond acceptors (Lipinski definition) is 4. The highest BCUT2D eigenvalue weighted by atomic mass is 32.2. The van der Waals surface area contributed by atoms with Crippen LogP contribution in [0.1, 0.15) is 23.8 Å². The largest absolute Gasteiger partial charge is 0.477 e. The van der Waals surface area contributed by atoms with E-state index >= 15 is 0 Å². The van der Waals surface area contributed by atoms with Gasteiger partial charge in [0.25, 0.3) is 10.0 Å². The van der Waals surface area contributed by atoms with Crippen molar-refractivity contribution in [1.82, 2.24) is 9.45 Å². The van der Waals surface area contributed by atoms with Crippen LogP contribution in [0.15, 0.2) is 17.2 Å². The van der Waals surface area contributed by atoms with E-state index in [-0.39, 0.29) is 10.6 Å². The fourth-order valence-corrected chi connectivity index (χ4v) is 2.24. The van der Waals surface area contributed by atoms with Crippen LogP contribution < -0.4 is 4.89 Å². The van der Waals surface area contributed by atoms with Gasteiger partial charge < -0.3 is 9.67 Å². The van der Waals surface area contributed by atoms with E-state index in [1.165, 1.54) is 17.9 Å². The summed E-state index contributed by atoms with van der Waals surface area (Å²) in [6, 6.07) is 1.10. The zero-order valence-electron chi connectivity index (χ0n) is 9.50. The molecule has 0 spiro atoms. The lowest BCUT2D eigenvalue weighted by Crippen LogP contribution is -2.21. The molecule has 1 heterocycles. The summed E-state index contributed by atoms with van der Waals surface area (Å²) < 4.78 is 24.5. The van der Waals surface area contributed by atoms with Crippen molar-refractivity contribution in [2.24, 2.45) is 0 Å². The number of aromatic carboxylic acids is 1. The lowest BCUT2D eigenvalue weighted by Gasteiger charge is -2.02. The maximum atomic E-state index is 11.6. The van der Waals surface area contributed by atoms with Crippen LogP contribution in [0, 0.1) is 0 Å². The maximum absolute atomic E-state index is 11.6. The van der Waals surface area contributed by atoms with Crippen molar-refractivity contribution in [3.8, 4) is 0 Å². The van der Waals surface area contributed by atoms with Crippen LogP contribution in [-0.4, -0.2) is 31.2 Å². The van der Waals surface area contributed by atoms with Gasteiger partial charge in [-0.3, -0.25) is 4.84 Å². The molecular formula is C9H14N2O5S. The van der Waals surface area contributed by atoms with E-state index in [0.717, 1.165) is 6.07 Å². The predicted octanol–water partition coefficient (Wildman–Crippen LogP) is 0.436. The Hall–Kier alpha value is -1.38. The molecule has 0 saturated carbocycles. The van der Waals surface area contributed by atoms with E-state index in [4.69, 9.17) is 5.11 Å². The topological polar surface area (TPSA) is 97.6 Å². The first-order valence-electron chi connectivity index (χ1n) is 4.90. The maximum Gasteiger partial charge on any atom is 0.352 e. The molecule has 0 unspecified atom stereocenters. The molecule has 0 bridgehead atoms. The van der Waals surface area contributed by atoms with Crippen molar-refractivity contribution in [1.29, 1.82) is 0 Å². The Labute approximate surface area is 99.0 Å². The zero-order valence-corrected chi connectivity index (χ0v) is 10.3. The van der Waals surface area contributed by atoms with Crippen LogP contribution in [-0.2, 0) is 21.4 Å². The molecule has 7 nitrogen and oxygen atoms in total. The third-order valence-corrected chi connectivity index (χ3v) is 3.29. The van der Waals surface area contributed by atoms with Gasteiger partial charge in [-0.05, 0) is 12.5 Å². The van der Waals surface area contributed by atoms with Gasteiger partial charge in [0.15, 0.2) is 0 Å². The summed E-state index contributed by atoms with van der Waals surface area (Å²) in [4.78, 5) is 17.0. The van der Waals surface area contributed by atoms with Crippen LogP contribution in [0.5, 0.6) is 0 Å². The smallest absolute Gasteiger partial charge is 0.352 e. The summed E-state index contributed by atoms with van der Waals surface area (Å²) in [5.41, 5.74) is -0.0664. The minimum absolute atomic E-state index is 0.0664. The van der Waals surface area contributed by atoms with E-state index < -0.39 is 16.0 Å². The number of hydrogen-bond donors (Lipinski definition) is 2. The molecular weight excluding hydrogens is 248 g/mol. The molecule has 0 saturated heterocycles. The van der Waals surface area contributed by atoms with Crippen molar-refractivity contribution in [2.75, 3.05) is 7.11 Å². The standard InChI is InChI=1S/C9H14N2O5S/c1-3-4-11-6-7(5-8(11)9(12)13)17(14,15)10-16-2/h5-6,10H,3-4H2,1-2H3,(H,12,13). The fourth-order valence-electron chi connectivity index (χ4n) is 1.39. The van der Waals surface area contributed by atoms with Crippen molar-refractivity contribution in [3.63, 3.8) is 0 Å². The first-order chi connectivity index (χ1) is 7.92. The van der Waals surface area contributed by atoms with Crippen molar-refractivity contribution in [2.45, 2.75) is 24.8 Å². The Kier molecular flexibility index (Phi) is 4.27. The highest BCUT2D eigenvalue weighted by molar-refractivity contribution is 7.89. The lowest BCUT2D eigenvalue weighted by molar-refractivity contribution is 0.0685. The number of carboxylic acid groups (broad SMARTS) is 1. The van der Waals surface area contributed by atoms with Crippen molar-refractivity contribution in [3.05, 3.63) is 18.0 Å². The summed E-state index contributed by atoms with van der Waals surface area (Å²) in [7, 11) is -2.65. The molecule has 0 amide bonds. The predicted molar refractivity (Wildman–Crippen MR) is 59.0 cm³/mol. The van der Waals surface area contributed by atoms with Crippen LogP contribution in [0.3, 0.4) is 0 Å². The van der Waals surface area contributed by atoms with Crippen molar-refractivity contribution < 1.29 is 23.2 Å². The second-order valence-corrected chi connectivity index (χ2v) is 5.00. The quantitative estimate of drug-likeness (QED) is 0.725. The fraction of sp³-hybridized carbons (Fsp3) is 0.444. The third-order valence-electron chi connectivity index (χ3n) is 2.06. The summed E-state index contributed by atoms with van der Waals surface area (Å²) >= 11 is 0. The van der Waals surface area contributed by atoms with Gasteiger partial charge in [-0.25, -0.2) is 13.2 Å². The molecule has 0 radical (unpaired) electrons. The van der Waals surface area contributed by atoms with Gasteiger partial charge in [-0.1, -0.05) is 11.8 Å². The van der Waals surface area contributed by atoms with Gasteiger partial charge in [0.1, 0.15) is 10.6 Å². The number of carbonyl (C=O) groups is 1. The SMILES string of the molecule is CCCn1cc(S(=O)(=O)NOC)cc1C(=O)O. The Balaban J connectivity index is 3.20. The lowest BCUT2D eigenvalue weighted by atomic mass is 10.4. The molecule has 0 aliphatic rings. The minimum Gasteiger partial charge on any atom is -0.477 e. The number of sulfonamides is 1. The molecule has 0 aliphatic carbocycles. The molecule has 1 aromatic rings. The van der Waals surface area contributed by atoms with Crippen LogP contribution in [0.25, 0.3) is 0 Å². The number of nitrogens with one attached hydrogen (secondary N) is 1. The molecule has 17 heavy (non-hydrogen) atoms. The van der Waals surface area contributed by atoms with Crippen LogP contribution >= 0.6 is 0 Å². The van der Waals surface area contributed by atoms with Crippen molar-refractivity contribution >= 4 is 16.0 Å². The van der Waals surface area contributed by atoms with Crippen LogP contribution in [0.4, 0.5) is 0 Å². The van der Waals surface area contributed by atoms with Gasteiger partial charge in [0.05, 0.1) is 7.11 Å². The normalized spacial score (nSPS) is 11.6. The number of rotatable bonds is 6. The summed E-state index contributed by atoms with van der Waals surface area (Å²) in [5, 5.41) is 8.93. The van der Waals surface area contributed by atoms with E-state index in [2.05, 4.69) is 4.84 Å². The van der Waals surface area contributed by atoms with Gasteiger partial charge in [-0.15, -0.1) is 0 Å². The Morgan fingerprint density at radius 1 is 1.59 bits per heavy atom. The van der Waals surface area contributed by atoms with E-state index in [9.17, 15) is 13.2 Å². The Bertz CT molecular complexity index is 505. The molecule has 0 atom stereocenters. The number of aryl methyl sites for hydroxylation is 1. The van der Waals surface area contributed by atoms with Crippen LogP contribution in [0.2, 0.25) is 0 Å². The monoisotopic (exact) mass is 262 g/mol. The first-order valence-corrected chi connectivity index (χ1v) is 6.39. The second-order valence-electron chi connectivity index (χ2n) is 3.35. The molecule has 1 rings (SSSR count). The average molecular weight is 262 g/mol. The molecule has 0 aliphatic heterocycles. The molecule has 96 valence electrons. The Morgan fingerprint density at radius 2 is 2.24 bits per heavy atom. The summed E-state index contributed by atoms with van der Waals surface area (Å²) in [6.45, 7) is 2.30.